The van der Waals surface area contributed by atoms with Crippen molar-refractivity contribution in [3.63, 3.8) is 0 Å². The van der Waals surface area contributed by atoms with Gasteiger partial charge in [0, 0.05) is 30.2 Å². The van der Waals surface area contributed by atoms with Crippen molar-refractivity contribution in [3.8, 4) is 0 Å². The van der Waals surface area contributed by atoms with Gasteiger partial charge in [-0.15, -0.1) is 0 Å². The molecule has 1 aromatic carbocycles. The van der Waals surface area contributed by atoms with Crippen LogP contribution in [0.4, 0.5) is 10.1 Å². The number of rotatable bonds is 4. The zero-order valence-corrected chi connectivity index (χ0v) is 8.93. The third-order valence-electron chi connectivity index (χ3n) is 2.79. The van der Waals surface area contributed by atoms with E-state index in [0.29, 0.717) is 6.54 Å². The minimum atomic E-state index is -0.194. The van der Waals surface area contributed by atoms with Gasteiger partial charge < -0.3 is 4.90 Å². The van der Waals surface area contributed by atoms with Gasteiger partial charge >= 0.3 is 0 Å². The summed E-state index contributed by atoms with van der Waals surface area (Å²) in [7, 11) is 0. The molecule has 0 saturated heterocycles. The summed E-state index contributed by atoms with van der Waals surface area (Å²) in [5.74, 6) is -0.194. The van der Waals surface area contributed by atoms with E-state index in [-0.39, 0.29) is 5.82 Å². The Kier molecular flexibility index (Phi) is 3.27. The molecule has 0 saturated carbocycles. The van der Waals surface area contributed by atoms with Gasteiger partial charge in [0.25, 0.3) is 0 Å². The van der Waals surface area contributed by atoms with E-state index >= 15 is 0 Å². The molecular weight excluding hydrogens is 207 g/mol. The maximum absolute atomic E-state index is 13.1. The molecule has 1 aliphatic heterocycles. The number of hydrogen-bond donors (Lipinski definition) is 0. The highest BCUT2D eigenvalue weighted by Gasteiger charge is 2.18. The van der Waals surface area contributed by atoms with Crippen molar-refractivity contribution < 1.29 is 4.39 Å². The molecule has 0 radical (unpaired) electrons. The van der Waals surface area contributed by atoms with Gasteiger partial charge in [0.05, 0.1) is 0 Å². The largest absolute Gasteiger partial charge is 0.371 e. The van der Waals surface area contributed by atoms with Crippen molar-refractivity contribution in [2.75, 3.05) is 24.5 Å². The maximum Gasteiger partial charge on any atom is 0.125 e. The highest BCUT2D eigenvalue weighted by Crippen LogP contribution is 2.28. The van der Waals surface area contributed by atoms with Crippen LogP contribution in [0.5, 0.6) is 0 Å². The number of fused-ring (bicyclic) bond motifs is 1. The predicted molar refractivity (Wildman–Crippen MR) is 60.9 cm³/mol. The second-order valence-corrected chi connectivity index (χ2v) is 3.82. The number of halogens is 1. The van der Waals surface area contributed by atoms with Gasteiger partial charge in [-0.25, -0.2) is 4.39 Å². The molecule has 1 aliphatic rings. The standard InChI is InChI=1S/C11H13FN4/c12-10-3-2-9-4-7-16(11(9)8-10)6-1-5-14-15-13/h2-3,8H,1,4-7H2. The molecular formula is C11H13FN4. The summed E-state index contributed by atoms with van der Waals surface area (Å²) in [6, 6.07) is 4.93. The lowest BCUT2D eigenvalue weighted by Gasteiger charge is -2.18. The summed E-state index contributed by atoms with van der Waals surface area (Å²) >= 11 is 0. The Morgan fingerprint density at radius 2 is 2.38 bits per heavy atom. The van der Waals surface area contributed by atoms with Crippen LogP contribution in [0.1, 0.15) is 12.0 Å². The number of nitrogens with zero attached hydrogens (tertiary/aromatic N) is 4. The van der Waals surface area contributed by atoms with Crippen molar-refractivity contribution in [1.29, 1.82) is 0 Å². The van der Waals surface area contributed by atoms with Gasteiger partial charge in [-0.05, 0) is 36.1 Å². The summed E-state index contributed by atoms with van der Waals surface area (Å²) in [5, 5.41) is 3.49. The third kappa shape index (κ3) is 2.25. The molecule has 0 atom stereocenters. The molecule has 1 aromatic rings. The Bertz CT molecular complexity index is 426. The lowest BCUT2D eigenvalue weighted by Crippen LogP contribution is -2.22. The molecule has 84 valence electrons. The Morgan fingerprint density at radius 1 is 1.50 bits per heavy atom. The quantitative estimate of drug-likeness (QED) is 0.333. The summed E-state index contributed by atoms with van der Waals surface area (Å²) in [6.45, 7) is 2.24. The molecule has 4 nitrogen and oxygen atoms in total. The lowest BCUT2D eigenvalue weighted by atomic mass is 10.2. The number of azide groups is 1. The average molecular weight is 220 g/mol. The van der Waals surface area contributed by atoms with Crippen LogP contribution in [-0.2, 0) is 6.42 Å². The van der Waals surface area contributed by atoms with Gasteiger partial charge in [0.1, 0.15) is 5.82 Å². The topological polar surface area (TPSA) is 52.0 Å². The van der Waals surface area contributed by atoms with Crippen LogP contribution in [0.3, 0.4) is 0 Å². The first-order valence-corrected chi connectivity index (χ1v) is 5.35. The van der Waals surface area contributed by atoms with Crippen molar-refractivity contribution in [2.45, 2.75) is 12.8 Å². The highest BCUT2D eigenvalue weighted by molar-refractivity contribution is 5.58. The van der Waals surface area contributed by atoms with Crippen molar-refractivity contribution >= 4 is 5.69 Å². The summed E-state index contributed by atoms with van der Waals surface area (Å²) in [4.78, 5) is 4.85. The van der Waals surface area contributed by atoms with Gasteiger partial charge in [-0.1, -0.05) is 11.2 Å². The smallest absolute Gasteiger partial charge is 0.125 e. The fourth-order valence-electron chi connectivity index (χ4n) is 2.03. The molecule has 2 rings (SSSR count). The van der Waals surface area contributed by atoms with Gasteiger partial charge in [0.2, 0.25) is 0 Å². The SMILES string of the molecule is [N-]=[N+]=NCCCN1CCc2ccc(F)cc21. The first kappa shape index (κ1) is 10.8. The number of benzene rings is 1. The highest BCUT2D eigenvalue weighted by atomic mass is 19.1. The van der Waals surface area contributed by atoms with Crippen molar-refractivity contribution in [3.05, 3.63) is 40.0 Å². The Balaban J connectivity index is 1.99. The zero-order chi connectivity index (χ0) is 11.4. The fourth-order valence-corrected chi connectivity index (χ4v) is 2.03. The molecule has 0 amide bonds. The van der Waals surface area contributed by atoms with Crippen LogP contribution in [0.2, 0.25) is 0 Å². The molecule has 0 N–H and O–H groups in total. The molecule has 1 heterocycles. The fraction of sp³-hybridized carbons (Fsp3) is 0.455. The number of anilines is 1. The van der Waals surface area contributed by atoms with Gasteiger partial charge in [0.15, 0.2) is 0 Å². The lowest BCUT2D eigenvalue weighted by molar-refractivity contribution is 0.627. The monoisotopic (exact) mass is 220 g/mol. The normalized spacial score (nSPS) is 13.4. The van der Waals surface area contributed by atoms with E-state index in [0.717, 1.165) is 31.6 Å². The van der Waals surface area contributed by atoms with E-state index in [1.54, 1.807) is 6.07 Å². The molecule has 0 unspecified atom stereocenters. The summed E-state index contributed by atoms with van der Waals surface area (Å²) in [6.07, 6.45) is 1.77. The van der Waals surface area contributed by atoms with Crippen LogP contribution in [-0.4, -0.2) is 19.6 Å². The van der Waals surface area contributed by atoms with Crippen LogP contribution in [0.25, 0.3) is 10.4 Å². The molecule has 0 aliphatic carbocycles. The maximum atomic E-state index is 13.1. The second-order valence-electron chi connectivity index (χ2n) is 3.82. The minimum Gasteiger partial charge on any atom is -0.371 e. The second kappa shape index (κ2) is 4.86. The summed E-state index contributed by atoms with van der Waals surface area (Å²) in [5.41, 5.74) is 10.3. The van der Waals surface area contributed by atoms with E-state index in [9.17, 15) is 4.39 Å². The van der Waals surface area contributed by atoms with Gasteiger partial charge in [-0.2, -0.15) is 0 Å². The number of hydrogen-bond acceptors (Lipinski definition) is 2. The first-order chi connectivity index (χ1) is 7.81. The molecule has 0 aromatic heterocycles. The zero-order valence-electron chi connectivity index (χ0n) is 8.93. The van der Waals surface area contributed by atoms with E-state index in [1.165, 1.54) is 11.6 Å². The average Bonchev–Trinajstić information content (AvgIpc) is 2.67. The predicted octanol–water partition coefficient (Wildman–Crippen LogP) is 2.89. The van der Waals surface area contributed by atoms with E-state index < -0.39 is 0 Å². The minimum absolute atomic E-state index is 0.194. The van der Waals surface area contributed by atoms with E-state index in [2.05, 4.69) is 14.9 Å². The Morgan fingerprint density at radius 3 is 3.19 bits per heavy atom. The van der Waals surface area contributed by atoms with E-state index in [4.69, 9.17) is 5.53 Å². The molecule has 5 heteroatoms. The van der Waals surface area contributed by atoms with Crippen molar-refractivity contribution in [1.82, 2.24) is 0 Å². The van der Waals surface area contributed by atoms with Crippen LogP contribution >= 0.6 is 0 Å². The molecule has 0 fully saturated rings. The first-order valence-electron chi connectivity index (χ1n) is 5.35. The van der Waals surface area contributed by atoms with E-state index in [1.807, 2.05) is 6.07 Å². The summed E-state index contributed by atoms with van der Waals surface area (Å²) < 4.78 is 13.1. The Hall–Kier alpha value is -1.74. The van der Waals surface area contributed by atoms with Crippen LogP contribution in [0.15, 0.2) is 23.3 Å². The van der Waals surface area contributed by atoms with Crippen molar-refractivity contribution in [2.24, 2.45) is 5.11 Å². The van der Waals surface area contributed by atoms with Gasteiger partial charge in [-0.3, -0.25) is 0 Å². The van der Waals surface area contributed by atoms with Crippen LogP contribution < -0.4 is 4.90 Å². The third-order valence-corrected chi connectivity index (χ3v) is 2.79. The van der Waals surface area contributed by atoms with Crippen LogP contribution in [0, 0.1) is 5.82 Å². The Labute approximate surface area is 93.3 Å². The molecule has 0 bridgehead atoms. The molecule has 16 heavy (non-hydrogen) atoms. The molecule has 0 spiro atoms.